The van der Waals surface area contributed by atoms with Crippen LogP contribution in [0.2, 0.25) is 5.02 Å². The number of rotatable bonds is 5. The lowest BCUT2D eigenvalue weighted by Crippen LogP contribution is -2.15. The summed E-state index contributed by atoms with van der Waals surface area (Å²) in [5.74, 6) is -1.88. The zero-order chi connectivity index (χ0) is 14.7. The highest BCUT2D eigenvalue weighted by atomic mass is 35.5. The maximum atomic E-state index is 11.5. The number of Topliss-reactive ketones (excluding diaryl/α,β-unsaturated/α-hetero) is 1. The number of carboxylic acid groups (broad SMARTS) is 1. The molecule has 2 rings (SSSR count). The largest absolute Gasteiger partial charge is 0.493 e. The highest BCUT2D eigenvalue weighted by Gasteiger charge is 2.23. The Bertz CT molecular complexity index is 535. The van der Waals surface area contributed by atoms with Crippen LogP contribution in [0.1, 0.15) is 36.0 Å². The minimum absolute atomic E-state index is 0.0474. The number of carbonyl (C=O) groups is 2. The molecule has 0 saturated heterocycles. The normalized spacial score (nSPS) is 15.1. The van der Waals surface area contributed by atoms with Crippen LogP contribution in [0, 0.1) is 0 Å². The smallest absolute Gasteiger partial charge is 0.377 e. The Morgan fingerprint density at radius 2 is 1.90 bits per heavy atom. The number of ether oxygens (including phenoxy) is 2. The Hall–Kier alpha value is -1.75. The third-order valence-corrected chi connectivity index (χ3v) is 3.60. The molecule has 0 aliphatic heterocycles. The van der Waals surface area contributed by atoms with E-state index in [0.29, 0.717) is 11.5 Å². The molecule has 1 aromatic rings. The van der Waals surface area contributed by atoms with Gasteiger partial charge in [0.1, 0.15) is 0 Å². The SMILES string of the molecule is COc1cc(C(=O)C(=O)O)c(Cl)cc1OC1CCCC1. The summed E-state index contributed by atoms with van der Waals surface area (Å²) < 4.78 is 11.0. The number of halogens is 1. The molecule has 0 bridgehead atoms. The molecule has 0 aromatic heterocycles. The van der Waals surface area contributed by atoms with Gasteiger partial charge in [0.25, 0.3) is 5.78 Å². The number of carboxylic acids is 1. The summed E-state index contributed by atoms with van der Waals surface area (Å²) in [6.45, 7) is 0. The van der Waals surface area contributed by atoms with Crippen LogP contribution in [0.5, 0.6) is 11.5 Å². The molecule has 1 N–H and O–H groups in total. The van der Waals surface area contributed by atoms with E-state index in [2.05, 4.69) is 0 Å². The van der Waals surface area contributed by atoms with Crippen LogP contribution in [-0.4, -0.2) is 30.1 Å². The summed E-state index contributed by atoms with van der Waals surface area (Å²) in [7, 11) is 1.43. The third kappa shape index (κ3) is 3.04. The van der Waals surface area contributed by atoms with E-state index >= 15 is 0 Å². The summed E-state index contributed by atoms with van der Waals surface area (Å²) in [4.78, 5) is 22.2. The van der Waals surface area contributed by atoms with Gasteiger partial charge in [-0.05, 0) is 31.7 Å². The van der Waals surface area contributed by atoms with Crippen molar-refractivity contribution in [2.45, 2.75) is 31.8 Å². The fourth-order valence-electron chi connectivity index (χ4n) is 2.26. The van der Waals surface area contributed by atoms with Crippen molar-refractivity contribution in [1.29, 1.82) is 0 Å². The van der Waals surface area contributed by atoms with Crippen LogP contribution in [0.3, 0.4) is 0 Å². The van der Waals surface area contributed by atoms with Crippen molar-refractivity contribution in [1.82, 2.24) is 0 Å². The van der Waals surface area contributed by atoms with Crippen molar-refractivity contribution < 1.29 is 24.2 Å². The predicted octanol–water partition coefficient (Wildman–Crippen LogP) is 2.94. The average molecular weight is 299 g/mol. The number of methoxy groups -OCH3 is 1. The van der Waals surface area contributed by atoms with Gasteiger partial charge in [0.15, 0.2) is 11.5 Å². The number of hydrogen-bond acceptors (Lipinski definition) is 4. The lowest BCUT2D eigenvalue weighted by Gasteiger charge is -2.17. The second-order valence-electron chi connectivity index (χ2n) is 4.64. The molecule has 1 aliphatic carbocycles. The number of ketones is 1. The Morgan fingerprint density at radius 3 is 2.45 bits per heavy atom. The molecule has 5 nitrogen and oxygen atoms in total. The molecule has 1 aromatic carbocycles. The molecule has 0 atom stereocenters. The van der Waals surface area contributed by atoms with Crippen molar-refractivity contribution in [3.05, 3.63) is 22.7 Å². The fourth-order valence-corrected chi connectivity index (χ4v) is 2.50. The molecule has 108 valence electrons. The minimum Gasteiger partial charge on any atom is -0.493 e. The third-order valence-electron chi connectivity index (χ3n) is 3.29. The van der Waals surface area contributed by atoms with Gasteiger partial charge in [-0.1, -0.05) is 11.6 Å². The lowest BCUT2D eigenvalue weighted by atomic mass is 10.1. The van der Waals surface area contributed by atoms with Gasteiger partial charge >= 0.3 is 5.97 Å². The van der Waals surface area contributed by atoms with Crippen LogP contribution < -0.4 is 9.47 Å². The Kier molecular flexibility index (Phi) is 4.49. The van der Waals surface area contributed by atoms with Crippen molar-refractivity contribution in [3.63, 3.8) is 0 Å². The molecule has 1 saturated carbocycles. The average Bonchev–Trinajstić information content (AvgIpc) is 2.91. The number of benzene rings is 1. The van der Waals surface area contributed by atoms with Gasteiger partial charge in [-0.3, -0.25) is 4.79 Å². The molecule has 1 aliphatic rings. The van der Waals surface area contributed by atoms with E-state index in [1.54, 1.807) is 0 Å². The van der Waals surface area contributed by atoms with E-state index in [4.69, 9.17) is 26.2 Å². The van der Waals surface area contributed by atoms with Gasteiger partial charge in [0.2, 0.25) is 0 Å². The second kappa shape index (κ2) is 6.13. The van der Waals surface area contributed by atoms with E-state index in [1.165, 1.54) is 19.2 Å². The van der Waals surface area contributed by atoms with Crippen LogP contribution in [0.15, 0.2) is 12.1 Å². The first-order chi connectivity index (χ1) is 9.52. The highest BCUT2D eigenvalue weighted by molar-refractivity contribution is 6.45. The van der Waals surface area contributed by atoms with Crippen LogP contribution in [-0.2, 0) is 4.79 Å². The van der Waals surface area contributed by atoms with Crippen LogP contribution in [0.25, 0.3) is 0 Å². The molecule has 6 heteroatoms. The zero-order valence-electron chi connectivity index (χ0n) is 11.0. The highest BCUT2D eigenvalue weighted by Crippen LogP contribution is 2.36. The molecular formula is C14H15ClO5. The van der Waals surface area contributed by atoms with E-state index < -0.39 is 11.8 Å². The van der Waals surface area contributed by atoms with Crippen molar-refractivity contribution in [2.75, 3.05) is 7.11 Å². The minimum atomic E-state index is -1.56. The molecule has 0 unspecified atom stereocenters. The maximum Gasteiger partial charge on any atom is 0.377 e. The quantitative estimate of drug-likeness (QED) is 0.668. The topological polar surface area (TPSA) is 72.8 Å². The first-order valence-electron chi connectivity index (χ1n) is 6.34. The van der Waals surface area contributed by atoms with Gasteiger partial charge in [0.05, 0.1) is 23.8 Å². The van der Waals surface area contributed by atoms with Crippen molar-refractivity contribution in [3.8, 4) is 11.5 Å². The molecule has 0 radical (unpaired) electrons. The van der Waals surface area contributed by atoms with Crippen LogP contribution in [0.4, 0.5) is 0 Å². The Labute approximate surface area is 121 Å². The standard InChI is InChI=1S/C14H15ClO5/c1-19-11-6-9(13(16)14(17)18)10(15)7-12(11)20-8-4-2-3-5-8/h6-8H,2-5H2,1H3,(H,17,18). The Morgan fingerprint density at radius 1 is 1.25 bits per heavy atom. The second-order valence-corrected chi connectivity index (χ2v) is 5.05. The molecular weight excluding hydrogens is 284 g/mol. The van der Waals surface area contributed by atoms with Gasteiger partial charge in [-0.15, -0.1) is 0 Å². The molecule has 0 heterocycles. The molecule has 20 heavy (non-hydrogen) atoms. The molecule has 0 spiro atoms. The van der Waals surface area contributed by atoms with Crippen molar-refractivity contribution >= 4 is 23.4 Å². The molecule has 1 fully saturated rings. The summed E-state index contributed by atoms with van der Waals surface area (Å²) in [5, 5.41) is 8.79. The first kappa shape index (κ1) is 14.7. The number of hydrogen-bond donors (Lipinski definition) is 1. The van der Waals surface area contributed by atoms with E-state index in [0.717, 1.165) is 25.7 Å². The summed E-state index contributed by atoms with van der Waals surface area (Å²) in [6, 6.07) is 2.75. The molecule has 0 amide bonds. The maximum absolute atomic E-state index is 11.5. The van der Waals surface area contributed by atoms with E-state index in [9.17, 15) is 9.59 Å². The monoisotopic (exact) mass is 298 g/mol. The van der Waals surface area contributed by atoms with Crippen LogP contribution >= 0.6 is 11.6 Å². The lowest BCUT2D eigenvalue weighted by molar-refractivity contribution is -0.131. The number of carbonyl (C=O) groups excluding carboxylic acids is 1. The predicted molar refractivity (Wildman–Crippen MR) is 72.9 cm³/mol. The zero-order valence-corrected chi connectivity index (χ0v) is 11.8. The Balaban J connectivity index is 2.31. The summed E-state index contributed by atoms with van der Waals surface area (Å²) >= 11 is 5.96. The van der Waals surface area contributed by atoms with Gasteiger partial charge in [0, 0.05) is 6.07 Å². The van der Waals surface area contributed by atoms with E-state index in [1.807, 2.05) is 0 Å². The van der Waals surface area contributed by atoms with Gasteiger partial charge < -0.3 is 14.6 Å². The number of aliphatic carboxylic acids is 1. The van der Waals surface area contributed by atoms with Gasteiger partial charge in [-0.2, -0.15) is 0 Å². The first-order valence-corrected chi connectivity index (χ1v) is 6.72. The van der Waals surface area contributed by atoms with Gasteiger partial charge in [-0.25, -0.2) is 4.79 Å². The summed E-state index contributed by atoms with van der Waals surface area (Å²) in [6.07, 6.45) is 4.29. The fraction of sp³-hybridized carbons (Fsp3) is 0.429. The van der Waals surface area contributed by atoms with Crippen molar-refractivity contribution in [2.24, 2.45) is 0 Å². The van der Waals surface area contributed by atoms with E-state index in [-0.39, 0.29) is 16.7 Å². The summed E-state index contributed by atoms with van der Waals surface area (Å²) in [5.41, 5.74) is -0.102.